The van der Waals surface area contributed by atoms with Gasteiger partial charge in [0.1, 0.15) is 11.1 Å². The number of benzene rings is 3. The third-order valence-corrected chi connectivity index (χ3v) is 6.00. The molecule has 0 aliphatic rings. The average molecular weight is 453 g/mol. The minimum absolute atomic E-state index is 0.131. The van der Waals surface area contributed by atoms with Gasteiger partial charge in [-0.25, -0.2) is 14.6 Å². The molecule has 5 aromatic rings. The van der Waals surface area contributed by atoms with Crippen LogP contribution in [0.4, 0.5) is 5.69 Å². The zero-order valence-electron chi connectivity index (χ0n) is 18.9. The van der Waals surface area contributed by atoms with Crippen LogP contribution in [0.3, 0.4) is 0 Å². The van der Waals surface area contributed by atoms with Crippen molar-refractivity contribution in [2.75, 3.05) is 18.0 Å². The van der Waals surface area contributed by atoms with Gasteiger partial charge in [-0.1, -0.05) is 18.2 Å². The summed E-state index contributed by atoms with van der Waals surface area (Å²) in [5, 5.41) is 10.2. The summed E-state index contributed by atoms with van der Waals surface area (Å²) in [5.41, 5.74) is 3.42. The van der Waals surface area contributed by atoms with Gasteiger partial charge in [0.05, 0.1) is 16.6 Å². The summed E-state index contributed by atoms with van der Waals surface area (Å²) in [6.07, 6.45) is 0. The molecule has 0 unspecified atom stereocenters. The maximum Gasteiger partial charge on any atom is 0.347 e. The van der Waals surface area contributed by atoms with E-state index in [2.05, 4.69) is 23.7 Å². The number of anilines is 1. The Hall–Kier alpha value is -4.39. The molecule has 170 valence electrons. The zero-order chi connectivity index (χ0) is 23.8. The van der Waals surface area contributed by atoms with Crippen molar-refractivity contribution in [2.24, 2.45) is 0 Å². The van der Waals surface area contributed by atoms with Gasteiger partial charge in [0.25, 0.3) is 0 Å². The number of hydrogen-bond donors (Lipinski definition) is 1. The molecule has 5 rings (SSSR count). The third kappa shape index (κ3) is 3.61. The first-order chi connectivity index (χ1) is 16.5. The Morgan fingerprint density at radius 2 is 1.76 bits per heavy atom. The van der Waals surface area contributed by atoms with Crippen LogP contribution in [0.1, 0.15) is 24.2 Å². The van der Waals surface area contributed by atoms with E-state index in [9.17, 15) is 14.7 Å². The van der Waals surface area contributed by atoms with Crippen molar-refractivity contribution in [3.63, 3.8) is 0 Å². The molecular weight excluding hydrogens is 430 g/mol. The molecular formula is C27H23N3O4. The minimum Gasteiger partial charge on any atom is -0.478 e. The van der Waals surface area contributed by atoms with Crippen LogP contribution in [0.5, 0.6) is 0 Å². The molecule has 7 nitrogen and oxygen atoms in total. The van der Waals surface area contributed by atoms with Crippen LogP contribution in [0, 0.1) is 0 Å². The first-order valence-electron chi connectivity index (χ1n) is 11.1. The SMILES string of the molecule is CCN(CC)c1ccc2cc(-c3nc4cc(C(=O)O)ccc4n3-c3ccccc3)c(=O)oc2c1. The molecule has 0 bridgehead atoms. The lowest BCUT2D eigenvalue weighted by Gasteiger charge is -2.21. The molecule has 0 radical (unpaired) electrons. The number of imidazole rings is 1. The number of carboxylic acids is 1. The topological polar surface area (TPSA) is 88.6 Å². The van der Waals surface area contributed by atoms with E-state index in [-0.39, 0.29) is 5.56 Å². The van der Waals surface area contributed by atoms with E-state index in [1.165, 1.54) is 12.1 Å². The molecule has 0 atom stereocenters. The highest BCUT2D eigenvalue weighted by molar-refractivity contribution is 5.94. The zero-order valence-corrected chi connectivity index (χ0v) is 18.9. The third-order valence-electron chi connectivity index (χ3n) is 6.00. The fourth-order valence-corrected chi connectivity index (χ4v) is 4.27. The Morgan fingerprint density at radius 1 is 1.00 bits per heavy atom. The number of carbonyl (C=O) groups is 1. The minimum atomic E-state index is -1.04. The van der Waals surface area contributed by atoms with Gasteiger partial charge in [-0.15, -0.1) is 0 Å². The first kappa shape index (κ1) is 21.5. The van der Waals surface area contributed by atoms with E-state index in [0.29, 0.717) is 28.0 Å². The summed E-state index contributed by atoms with van der Waals surface area (Å²) in [5.74, 6) is -0.640. The van der Waals surface area contributed by atoms with Crippen molar-refractivity contribution in [3.05, 3.63) is 88.8 Å². The van der Waals surface area contributed by atoms with E-state index in [1.54, 1.807) is 12.1 Å². The summed E-state index contributed by atoms with van der Waals surface area (Å²) in [6, 6.07) is 21.9. The predicted molar refractivity (Wildman–Crippen MR) is 133 cm³/mol. The van der Waals surface area contributed by atoms with Crippen molar-refractivity contribution >= 4 is 33.7 Å². The van der Waals surface area contributed by atoms with Crippen LogP contribution in [0.15, 0.2) is 82.0 Å². The Morgan fingerprint density at radius 3 is 2.47 bits per heavy atom. The van der Waals surface area contributed by atoms with Crippen molar-refractivity contribution in [1.29, 1.82) is 0 Å². The molecule has 2 aromatic heterocycles. The monoisotopic (exact) mass is 453 g/mol. The first-order valence-corrected chi connectivity index (χ1v) is 11.1. The lowest BCUT2D eigenvalue weighted by Crippen LogP contribution is -2.21. The van der Waals surface area contributed by atoms with E-state index in [1.807, 2.05) is 53.1 Å². The van der Waals surface area contributed by atoms with E-state index < -0.39 is 11.6 Å². The quantitative estimate of drug-likeness (QED) is 0.349. The highest BCUT2D eigenvalue weighted by Crippen LogP contribution is 2.30. The summed E-state index contributed by atoms with van der Waals surface area (Å²) >= 11 is 0. The highest BCUT2D eigenvalue weighted by Gasteiger charge is 2.20. The molecule has 0 saturated carbocycles. The van der Waals surface area contributed by atoms with Crippen molar-refractivity contribution in [3.8, 4) is 17.1 Å². The van der Waals surface area contributed by atoms with Crippen LogP contribution in [0.2, 0.25) is 0 Å². The summed E-state index contributed by atoms with van der Waals surface area (Å²) in [7, 11) is 0. The Labute approximate surface area is 195 Å². The molecule has 0 saturated heterocycles. The number of aromatic carboxylic acids is 1. The van der Waals surface area contributed by atoms with Crippen LogP contribution in [-0.4, -0.2) is 33.7 Å². The van der Waals surface area contributed by atoms with Gasteiger partial charge < -0.3 is 14.4 Å². The second-order valence-corrected chi connectivity index (χ2v) is 7.96. The van der Waals surface area contributed by atoms with Gasteiger partial charge in [-0.2, -0.15) is 0 Å². The number of fused-ring (bicyclic) bond motifs is 2. The van der Waals surface area contributed by atoms with Crippen molar-refractivity contribution < 1.29 is 14.3 Å². The summed E-state index contributed by atoms with van der Waals surface area (Å²) in [4.78, 5) is 31.5. The van der Waals surface area contributed by atoms with Crippen molar-refractivity contribution in [1.82, 2.24) is 9.55 Å². The van der Waals surface area contributed by atoms with Crippen LogP contribution in [0.25, 0.3) is 39.1 Å². The fourth-order valence-electron chi connectivity index (χ4n) is 4.27. The average Bonchev–Trinajstić information content (AvgIpc) is 3.23. The summed E-state index contributed by atoms with van der Waals surface area (Å²) in [6.45, 7) is 5.86. The number of nitrogens with zero attached hydrogens (tertiary/aromatic N) is 3. The number of carboxylic acid groups (broad SMARTS) is 1. The number of para-hydroxylation sites is 1. The molecule has 0 amide bonds. The molecule has 0 fully saturated rings. The lowest BCUT2D eigenvalue weighted by atomic mass is 10.1. The highest BCUT2D eigenvalue weighted by atomic mass is 16.4. The largest absolute Gasteiger partial charge is 0.478 e. The van der Waals surface area contributed by atoms with Gasteiger partial charge in [0.2, 0.25) is 0 Å². The Kier molecular flexibility index (Phi) is 5.37. The molecule has 0 spiro atoms. The van der Waals surface area contributed by atoms with Crippen LogP contribution >= 0.6 is 0 Å². The Balaban J connectivity index is 1.75. The molecule has 3 aromatic carbocycles. The molecule has 7 heteroatoms. The number of rotatable bonds is 6. The summed E-state index contributed by atoms with van der Waals surface area (Å²) < 4.78 is 7.60. The molecule has 34 heavy (non-hydrogen) atoms. The van der Waals surface area contributed by atoms with Gasteiger partial charge in [0.15, 0.2) is 5.82 Å². The fraction of sp³-hybridized carbons (Fsp3) is 0.148. The second kappa shape index (κ2) is 8.51. The normalized spacial score (nSPS) is 11.2. The smallest absolute Gasteiger partial charge is 0.347 e. The molecule has 0 aliphatic heterocycles. The number of aromatic nitrogens is 2. The van der Waals surface area contributed by atoms with Gasteiger partial charge in [-0.3, -0.25) is 4.57 Å². The molecule has 2 heterocycles. The van der Waals surface area contributed by atoms with Crippen LogP contribution < -0.4 is 10.5 Å². The van der Waals surface area contributed by atoms with E-state index in [4.69, 9.17) is 4.42 Å². The predicted octanol–water partition coefficient (Wildman–Crippen LogP) is 5.34. The van der Waals surface area contributed by atoms with Crippen LogP contribution in [-0.2, 0) is 0 Å². The maximum atomic E-state index is 13.2. The van der Waals surface area contributed by atoms with E-state index in [0.717, 1.165) is 29.9 Å². The number of hydrogen-bond acceptors (Lipinski definition) is 5. The Bertz CT molecular complexity index is 1580. The van der Waals surface area contributed by atoms with Crippen molar-refractivity contribution in [2.45, 2.75) is 13.8 Å². The van der Waals surface area contributed by atoms with E-state index >= 15 is 0 Å². The van der Waals surface area contributed by atoms with Gasteiger partial charge >= 0.3 is 11.6 Å². The second-order valence-electron chi connectivity index (χ2n) is 7.96. The van der Waals surface area contributed by atoms with Gasteiger partial charge in [0, 0.05) is 35.9 Å². The maximum absolute atomic E-state index is 13.2. The standard InChI is InChI=1S/C27H23N3O4/c1-3-29(4-2)20-12-10-17-14-21(27(33)34-24(17)16-20)25-28-22-15-18(26(31)32)11-13-23(22)30(25)19-8-6-5-7-9-19/h5-16H,3-4H2,1-2H3,(H,31,32). The molecule has 1 N–H and O–H groups in total. The lowest BCUT2D eigenvalue weighted by molar-refractivity contribution is 0.0697. The molecule has 0 aliphatic carbocycles. The van der Waals surface area contributed by atoms with Gasteiger partial charge in [-0.05, 0) is 62.4 Å².